The number of hydrogen-bond acceptors (Lipinski definition) is 6. The number of aromatic hydroxyl groups is 1. The van der Waals surface area contributed by atoms with Gasteiger partial charge in [-0.3, -0.25) is 9.78 Å². The van der Waals surface area contributed by atoms with Gasteiger partial charge in [0.15, 0.2) is 0 Å². The minimum Gasteiger partial charge on any atom is -0.493 e. The molecule has 1 aromatic rings. The molecule has 2 N–H and O–H groups in total. The Balaban J connectivity index is 2.02. The lowest BCUT2D eigenvalue weighted by Gasteiger charge is -2.17. The second-order valence-electron chi connectivity index (χ2n) is 8.25. The molecule has 2 rings (SSSR count). The zero-order valence-electron chi connectivity index (χ0n) is 17.0. The molecule has 0 spiro atoms. The highest BCUT2D eigenvalue weighted by Gasteiger charge is 2.61. The standard InChI is InChI=1S/C20H26N2O6/c1-7-10-22-13(16(24)21-18(22)26)11-27-17(25)15-12(20(15,5)6)8-9-14(23)28-19(2,3)4/h8-9,12,15,24H,11H2,1-6H3,(H,21,26)/t12-,15-/m0/s1. The van der Waals surface area contributed by atoms with E-state index in [1.807, 2.05) is 13.8 Å². The van der Waals surface area contributed by atoms with E-state index < -0.39 is 35.0 Å². The molecule has 1 saturated carbocycles. The van der Waals surface area contributed by atoms with Crippen molar-refractivity contribution in [3.8, 4) is 17.8 Å². The van der Waals surface area contributed by atoms with Crippen molar-refractivity contribution < 1.29 is 24.2 Å². The number of imidazole rings is 1. The third-order valence-corrected chi connectivity index (χ3v) is 4.56. The summed E-state index contributed by atoms with van der Waals surface area (Å²) in [7, 11) is 0. The molecule has 1 aliphatic carbocycles. The van der Waals surface area contributed by atoms with E-state index in [1.165, 1.54) is 6.08 Å². The van der Waals surface area contributed by atoms with Crippen LogP contribution in [0.25, 0.3) is 0 Å². The fourth-order valence-electron chi connectivity index (χ4n) is 3.06. The van der Waals surface area contributed by atoms with E-state index in [1.54, 1.807) is 33.8 Å². The van der Waals surface area contributed by atoms with Crippen LogP contribution in [-0.4, -0.2) is 32.2 Å². The third-order valence-electron chi connectivity index (χ3n) is 4.56. The molecule has 2 atom stereocenters. The molecule has 0 aromatic carbocycles. The van der Waals surface area contributed by atoms with Crippen LogP contribution in [0.1, 0.15) is 47.2 Å². The van der Waals surface area contributed by atoms with E-state index in [0.717, 1.165) is 4.57 Å². The molecule has 0 radical (unpaired) electrons. The van der Waals surface area contributed by atoms with Gasteiger partial charge in [0.05, 0.1) is 5.92 Å². The Hall–Kier alpha value is -2.95. The fraction of sp³-hybridized carbons (Fsp3) is 0.550. The Kier molecular flexibility index (Phi) is 5.78. The van der Waals surface area contributed by atoms with Gasteiger partial charge in [0.2, 0.25) is 5.88 Å². The maximum Gasteiger partial charge on any atom is 0.340 e. The van der Waals surface area contributed by atoms with E-state index in [-0.39, 0.29) is 23.6 Å². The summed E-state index contributed by atoms with van der Waals surface area (Å²) >= 11 is 0. The largest absolute Gasteiger partial charge is 0.493 e. The Morgan fingerprint density at radius 3 is 2.57 bits per heavy atom. The molecule has 8 heteroatoms. The Labute approximate surface area is 163 Å². The zero-order valence-corrected chi connectivity index (χ0v) is 17.0. The highest BCUT2D eigenvalue weighted by Crippen LogP contribution is 2.59. The van der Waals surface area contributed by atoms with Gasteiger partial charge >= 0.3 is 17.6 Å². The van der Waals surface area contributed by atoms with E-state index in [2.05, 4.69) is 16.9 Å². The van der Waals surface area contributed by atoms with Gasteiger partial charge in [0, 0.05) is 12.1 Å². The topological polar surface area (TPSA) is 111 Å². The number of esters is 2. The van der Waals surface area contributed by atoms with Gasteiger partial charge in [0.1, 0.15) is 17.9 Å². The van der Waals surface area contributed by atoms with E-state index in [4.69, 9.17) is 9.47 Å². The smallest absolute Gasteiger partial charge is 0.340 e. The van der Waals surface area contributed by atoms with Crippen molar-refractivity contribution in [2.75, 3.05) is 0 Å². The Morgan fingerprint density at radius 2 is 2.00 bits per heavy atom. The lowest BCUT2D eigenvalue weighted by atomic mass is 10.1. The molecule has 1 fully saturated rings. The first-order valence-corrected chi connectivity index (χ1v) is 8.92. The summed E-state index contributed by atoms with van der Waals surface area (Å²) in [4.78, 5) is 38.2. The third kappa shape index (κ3) is 4.66. The molecular formula is C20H26N2O6. The Morgan fingerprint density at radius 1 is 1.36 bits per heavy atom. The van der Waals surface area contributed by atoms with E-state index in [9.17, 15) is 19.5 Å². The molecular weight excluding hydrogens is 364 g/mol. The van der Waals surface area contributed by atoms with E-state index >= 15 is 0 Å². The second-order valence-corrected chi connectivity index (χ2v) is 8.25. The monoisotopic (exact) mass is 390 g/mol. The minimum atomic E-state index is -0.608. The molecule has 1 aliphatic rings. The van der Waals surface area contributed by atoms with Crippen LogP contribution in [0.5, 0.6) is 5.88 Å². The SMILES string of the molecule is CC#Cn1c(COC(=O)[C@@H]2[C@H](C=CC(=O)OC(C)(C)C)C2(C)C)c(O)[nH]c1=O. The number of aromatic nitrogens is 2. The quantitative estimate of drug-likeness (QED) is 0.451. The summed E-state index contributed by atoms with van der Waals surface area (Å²) in [5.41, 5.74) is -1.50. The van der Waals surface area contributed by atoms with Gasteiger partial charge in [-0.05, 0) is 39.0 Å². The fourth-order valence-corrected chi connectivity index (χ4v) is 3.06. The molecule has 0 aliphatic heterocycles. The van der Waals surface area contributed by atoms with Crippen molar-refractivity contribution in [1.29, 1.82) is 0 Å². The summed E-state index contributed by atoms with van der Waals surface area (Å²) < 4.78 is 11.5. The number of aromatic amines is 1. The van der Waals surface area contributed by atoms with Crippen LogP contribution in [0, 0.1) is 29.2 Å². The highest BCUT2D eigenvalue weighted by molar-refractivity contribution is 5.83. The minimum absolute atomic E-state index is 0.0759. The van der Waals surface area contributed by atoms with Crippen LogP contribution in [0.2, 0.25) is 0 Å². The van der Waals surface area contributed by atoms with Crippen molar-refractivity contribution in [2.24, 2.45) is 17.3 Å². The van der Waals surface area contributed by atoms with Crippen LogP contribution >= 0.6 is 0 Å². The maximum atomic E-state index is 12.5. The number of rotatable bonds is 5. The van der Waals surface area contributed by atoms with Gasteiger partial charge in [-0.2, -0.15) is 0 Å². The predicted molar refractivity (Wildman–Crippen MR) is 101 cm³/mol. The molecule has 1 aromatic heterocycles. The molecule has 28 heavy (non-hydrogen) atoms. The second kappa shape index (κ2) is 7.58. The number of carbonyl (C=O) groups excluding carboxylic acids is 2. The van der Waals surface area contributed by atoms with Crippen LogP contribution in [0.3, 0.4) is 0 Å². The first kappa shape index (κ1) is 21.4. The van der Waals surface area contributed by atoms with Crippen molar-refractivity contribution in [1.82, 2.24) is 9.55 Å². The number of hydrogen-bond donors (Lipinski definition) is 2. The van der Waals surface area contributed by atoms with E-state index in [0.29, 0.717) is 0 Å². The number of allylic oxidation sites excluding steroid dienone is 1. The van der Waals surface area contributed by atoms with Crippen molar-refractivity contribution in [2.45, 2.75) is 53.8 Å². The maximum absolute atomic E-state index is 12.5. The molecule has 1 heterocycles. The van der Waals surface area contributed by atoms with Gasteiger partial charge in [-0.15, -0.1) is 0 Å². The van der Waals surface area contributed by atoms with Crippen LogP contribution < -0.4 is 5.69 Å². The zero-order chi connectivity index (χ0) is 21.3. The summed E-state index contributed by atoms with van der Waals surface area (Å²) in [6.07, 6.45) is 2.99. The lowest BCUT2D eigenvalue weighted by Crippen LogP contribution is -2.22. The number of nitrogens with zero attached hydrogens (tertiary/aromatic N) is 1. The summed E-state index contributed by atoms with van der Waals surface area (Å²) in [6.45, 7) is 10.4. The number of carbonyl (C=O) groups is 2. The van der Waals surface area contributed by atoms with Crippen LogP contribution in [0.4, 0.5) is 0 Å². The molecule has 0 unspecified atom stereocenters. The molecule has 0 saturated heterocycles. The van der Waals surface area contributed by atoms with Crippen molar-refractivity contribution >= 4 is 11.9 Å². The molecule has 152 valence electrons. The first-order chi connectivity index (χ1) is 12.9. The normalized spacial score (nSPS) is 20.4. The van der Waals surface area contributed by atoms with Crippen molar-refractivity contribution in [3.05, 3.63) is 28.3 Å². The summed E-state index contributed by atoms with van der Waals surface area (Å²) in [5.74, 6) is 0.596. The average Bonchev–Trinajstić information content (AvgIpc) is 2.99. The summed E-state index contributed by atoms with van der Waals surface area (Å²) in [5, 5.41) is 9.80. The first-order valence-electron chi connectivity index (χ1n) is 8.92. The van der Waals surface area contributed by atoms with Gasteiger partial charge in [-0.1, -0.05) is 25.8 Å². The van der Waals surface area contributed by atoms with Gasteiger partial charge < -0.3 is 14.6 Å². The summed E-state index contributed by atoms with van der Waals surface area (Å²) in [6, 6.07) is 2.52. The number of ether oxygens (including phenoxy) is 2. The Bertz CT molecular complexity index is 917. The van der Waals surface area contributed by atoms with Gasteiger partial charge in [-0.25, -0.2) is 14.2 Å². The average molecular weight is 390 g/mol. The number of nitrogens with one attached hydrogen (secondary N) is 1. The lowest BCUT2D eigenvalue weighted by molar-refractivity contribution is -0.149. The van der Waals surface area contributed by atoms with Crippen molar-refractivity contribution in [3.63, 3.8) is 0 Å². The molecule has 0 bridgehead atoms. The van der Waals surface area contributed by atoms with Crippen LogP contribution in [-0.2, 0) is 25.7 Å². The molecule has 8 nitrogen and oxygen atoms in total. The molecule has 0 amide bonds. The highest BCUT2D eigenvalue weighted by atomic mass is 16.6. The van der Waals surface area contributed by atoms with Gasteiger partial charge in [0.25, 0.3) is 0 Å². The van der Waals surface area contributed by atoms with Crippen LogP contribution in [0.15, 0.2) is 16.9 Å². The predicted octanol–water partition coefficient (Wildman–Crippen LogP) is 1.92. The number of H-pyrrole nitrogens is 1.